The van der Waals surface area contributed by atoms with E-state index in [1.165, 1.54) is 6.92 Å². The molecule has 2 amide bonds. The number of ether oxygens (including phenoxy) is 1. The number of carboxylic acids is 1. The number of hydrogen-bond acceptors (Lipinski definition) is 10. The van der Waals surface area contributed by atoms with E-state index in [1.54, 1.807) is 6.92 Å². The van der Waals surface area contributed by atoms with E-state index in [0.717, 1.165) is 0 Å². The van der Waals surface area contributed by atoms with Crippen LogP contribution >= 0.6 is 0 Å². The molecule has 1 aliphatic heterocycles. The Bertz CT molecular complexity index is 729. The third-order valence-corrected chi connectivity index (χ3v) is 5.70. The summed E-state index contributed by atoms with van der Waals surface area (Å²) in [5, 5.41) is 64.2. The van der Waals surface area contributed by atoms with E-state index in [0.29, 0.717) is 19.3 Å². The van der Waals surface area contributed by atoms with Gasteiger partial charge in [0.2, 0.25) is 11.8 Å². The van der Waals surface area contributed by atoms with Crippen molar-refractivity contribution in [3.05, 3.63) is 0 Å². The van der Waals surface area contributed by atoms with Crippen LogP contribution in [0.15, 0.2) is 0 Å². The largest absolute Gasteiger partial charge is 0.480 e. The number of alkyl halides is 2. The Balaban J connectivity index is 2.38. The smallest absolute Gasteiger partial charge is 0.325 e. The first-order chi connectivity index (χ1) is 16.2. The Labute approximate surface area is 200 Å². The van der Waals surface area contributed by atoms with Gasteiger partial charge in [0, 0.05) is 5.92 Å². The fourth-order valence-electron chi connectivity index (χ4n) is 3.36. The summed E-state index contributed by atoms with van der Waals surface area (Å²) in [5.41, 5.74) is 0. The molecule has 1 rings (SSSR count). The molecule has 0 saturated carbocycles. The number of aliphatic carboxylic acids is 1. The van der Waals surface area contributed by atoms with Crippen molar-refractivity contribution < 1.29 is 58.5 Å². The molecule has 0 spiro atoms. The number of aliphatic hydroxyl groups excluding tert-OH is 4. The molecular formula is C20H35F2N3O10. The number of rotatable bonds is 14. The monoisotopic (exact) mass is 515 g/mol. The van der Waals surface area contributed by atoms with Crippen molar-refractivity contribution in [2.24, 2.45) is 5.92 Å². The zero-order valence-corrected chi connectivity index (χ0v) is 19.5. The molecule has 9 N–H and O–H groups in total. The van der Waals surface area contributed by atoms with E-state index in [4.69, 9.17) is 10.2 Å². The van der Waals surface area contributed by atoms with Crippen LogP contribution in [-0.2, 0) is 19.1 Å². The lowest BCUT2D eigenvalue weighted by Crippen LogP contribution is -2.72. The molecule has 0 aromatic carbocycles. The topological polar surface area (TPSA) is 218 Å². The molecule has 1 unspecified atom stereocenters. The molecule has 7 atom stereocenters. The van der Waals surface area contributed by atoms with Gasteiger partial charge in [-0.2, -0.15) is 8.78 Å². The molecule has 0 radical (unpaired) electrons. The van der Waals surface area contributed by atoms with Gasteiger partial charge in [0.25, 0.3) is 5.79 Å². The summed E-state index contributed by atoms with van der Waals surface area (Å²) in [7, 11) is 0. The minimum absolute atomic E-state index is 0.0419. The van der Waals surface area contributed by atoms with Gasteiger partial charge in [-0.25, -0.2) is 0 Å². The van der Waals surface area contributed by atoms with Crippen LogP contribution in [0.2, 0.25) is 0 Å². The SMILES string of the molecule is C[C@H](NC(=O)CNC(=O)[C@@H](C)CCCCNCC(F)(F)C1(O)O[C@H](CO)[C@H](O)[C@H](O)[C@H]1O)C(=O)O. The third-order valence-electron chi connectivity index (χ3n) is 5.70. The highest BCUT2D eigenvalue weighted by molar-refractivity contribution is 5.88. The molecular weight excluding hydrogens is 480 g/mol. The molecule has 1 heterocycles. The van der Waals surface area contributed by atoms with Gasteiger partial charge in [-0.1, -0.05) is 13.3 Å². The summed E-state index contributed by atoms with van der Waals surface area (Å²) in [5.74, 6) is -10.5. The standard InChI is InChI=1S/C20H35F2N3O10/c1-10(17(31)24-7-13(27)25-11(2)18(32)33)5-3-4-6-23-9-19(21,22)20(34)16(30)15(29)14(28)12(8-26)35-20/h10-12,14-16,23,26,28-30,34H,3-9H2,1-2H3,(H,24,31)(H,25,27)(H,32,33)/t10-,11-,12+,14-,15-,16+,20?/m0/s1. The van der Waals surface area contributed by atoms with Gasteiger partial charge >= 0.3 is 11.9 Å². The van der Waals surface area contributed by atoms with Crippen LogP contribution in [0.5, 0.6) is 0 Å². The molecule has 0 aliphatic carbocycles. The first-order valence-corrected chi connectivity index (χ1v) is 11.1. The van der Waals surface area contributed by atoms with Gasteiger partial charge in [0.1, 0.15) is 30.5 Å². The summed E-state index contributed by atoms with van der Waals surface area (Å²) in [4.78, 5) is 34.3. The maximum Gasteiger partial charge on any atom is 0.325 e. The van der Waals surface area contributed by atoms with Crippen molar-refractivity contribution in [2.45, 2.75) is 75.3 Å². The van der Waals surface area contributed by atoms with E-state index in [9.17, 15) is 43.6 Å². The number of carboxylic acid groups (broad SMARTS) is 1. The van der Waals surface area contributed by atoms with Gasteiger partial charge in [0.15, 0.2) is 0 Å². The molecule has 0 aromatic rings. The maximum absolute atomic E-state index is 14.6. The average molecular weight is 516 g/mol. The van der Waals surface area contributed by atoms with E-state index < -0.39 is 85.6 Å². The lowest BCUT2D eigenvalue weighted by Gasteiger charge is -2.48. The van der Waals surface area contributed by atoms with Gasteiger partial charge in [-0.15, -0.1) is 0 Å². The first-order valence-electron chi connectivity index (χ1n) is 11.1. The van der Waals surface area contributed by atoms with E-state index in [1.807, 2.05) is 0 Å². The summed E-state index contributed by atoms with van der Waals surface area (Å²) in [6.45, 7) is 0.398. The number of nitrogens with one attached hydrogen (secondary N) is 3. The number of carbonyl (C=O) groups excluding carboxylic acids is 2. The fraction of sp³-hybridized carbons (Fsp3) is 0.850. The van der Waals surface area contributed by atoms with Crippen LogP contribution in [-0.4, -0.2) is 117 Å². The summed E-state index contributed by atoms with van der Waals surface area (Å²) < 4.78 is 33.8. The van der Waals surface area contributed by atoms with E-state index in [-0.39, 0.29) is 6.54 Å². The average Bonchev–Trinajstić information content (AvgIpc) is 2.80. The highest BCUT2D eigenvalue weighted by atomic mass is 19.3. The van der Waals surface area contributed by atoms with Gasteiger partial charge < -0.3 is 51.3 Å². The van der Waals surface area contributed by atoms with E-state index in [2.05, 4.69) is 20.7 Å². The number of halogens is 2. The summed E-state index contributed by atoms with van der Waals surface area (Å²) in [6, 6.07) is -1.10. The van der Waals surface area contributed by atoms with Gasteiger partial charge in [0.05, 0.1) is 19.7 Å². The fourth-order valence-corrected chi connectivity index (χ4v) is 3.36. The minimum atomic E-state index is -4.10. The van der Waals surface area contributed by atoms with Crippen molar-refractivity contribution in [1.82, 2.24) is 16.0 Å². The molecule has 1 aliphatic rings. The Morgan fingerprint density at radius 1 is 1.11 bits per heavy atom. The number of carbonyl (C=O) groups is 3. The second-order valence-corrected chi connectivity index (χ2v) is 8.58. The van der Waals surface area contributed by atoms with Crippen LogP contribution in [0, 0.1) is 5.92 Å². The predicted octanol–water partition coefficient (Wildman–Crippen LogP) is -3.11. The number of aliphatic hydroxyl groups is 5. The Morgan fingerprint density at radius 2 is 1.74 bits per heavy atom. The van der Waals surface area contributed by atoms with Crippen LogP contribution in [0.1, 0.15) is 33.1 Å². The van der Waals surface area contributed by atoms with Crippen LogP contribution in [0.25, 0.3) is 0 Å². The number of amides is 2. The molecule has 0 bridgehead atoms. The van der Waals surface area contributed by atoms with Gasteiger partial charge in [-0.05, 0) is 26.3 Å². The quantitative estimate of drug-likeness (QED) is 0.105. The second-order valence-electron chi connectivity index (χ2n) is 8.58. The Kier molecular flexibility index (Phi) is 11.8. The van der Waals surface area contributed by atoms with Crippen molar-refractivity contribution in [1.29, 1.82) is 0 Å². The molecule has 204 valence electrons. The highest BCUT2D eigenvalue weighted by Gasteiger charge is 2.65. The van der Waals surface area contributed by atoms with Crippen molar-refractivity contribution in [3.8, 4) is 0 Å². The maximum atomic E-state index is 14.6. The Morgan fingerprint density at radius 3 is 2.31 bits per heavy atom. The normalized spacial score (nSPS) is 28.7. The third kappa shape index (κ3) is 8.27. The number of unbranched alkanes of at least 4 members (excludes halogenated alkanes) is 1. The molecule has 35 heavy (non-hydrogen) atoms. The first kappa shape index (κ1) is 31.0. The highest BCUT2D eigenvalue weighted by Crippen LogP contribution is 2.39. The minimum Gasteiger partial charge on any atom is -0.480 e. The van der Waals surface area contributed by atoms with Crippen molar-refractivity contribution >= 4 is 17.8 Å². The Hall–Kier alpha value is -2.01. The van der Waals surface area contributed by atoms with Crippen LogP contribution in [0.4, 0.5) is 8.78 Å². The van der Waals surface area contributed by atoms with Crippen LogP contribution in [0.3, 0.4) is 0 Å². The molecule has 0 aromatic heterocycles. The molecule has 13 nitrogen and oxygen atoms in total. The zero-order chi connectivity index (χ0) is 27.0. The zero-order valence-electron chi connectivity index (χ0n) is 19.5. The molecule has 15 heteroatoms. The van der Waals surface area contributed by atoms with Crippen molar-refractivity contribution in [2.75, 3.05) is 26.2 Å². The van der Waals surface area contributed by atoms with Crippen molar-refractivity contribution in [3.63, 3.8) is 0 Å². The second kappa shape index (κ2) is 13.3. The lowest BCUT2D eigenvalue weighted by atomic mass is 9.88. The predicted molar refractivity (Wildman–Crippen MR) is 114 cm³/mol. The molecule has 1 saturated heterocycles. The lowest BCUT2D eigenvalue weighted by molar-refractivity contribution is -0.409. The van der Waals surface area contributed by atoms with Gasteiger partial charge in [-0.3, -0.25) is 14.4 Å². The molecule has 1 fully saturated rings. The van der Waals surface area contributed by atoms with Crippen LogP contribution < -0.4 is 16.0 Å². The summed E-state index contributed by atoms with van der Waals surface area (Å²) >= 11 is 0. The summed E-state index contributed by atoms with van der Waals surface area (Å²) in [6.07, 6.45) is -7.15. The van der Waals surface area contributed by atoms with E-state index >= 15 is 0 Å². The number of hydrogen-bond donors (Lipinski definition) is 9.